The van der Waals surface area contributed by atoms with Gasteiger partial charge in [0.25, 0.3) is 5.69 Å². The van der Waals surface area contributed by atoms with Gasteiger partial charge >= 0.3 is 5.97 Å². The Kier molecular flexibility index (Phi) is 7.88. The molecule has 1 amide bonds. The van der Waals surface area contributed by atoms with Crippen LogP contribution in [0, 0.1) is 10.1 Å². The van der Waals surface area contributed by atoms with Gasteiger partial charge in [-0.3, -0.25) is 24.5 Å². The van der Waals surface area contributed by atoms with Crippen molar-refractivity contribution >= 4 is 40.6 Å². The number of ether oxygens (including phenoxy) is 1. The number of nitro benzene ring substituents is 1. The number of carbonyl (C=O) groups excluding carboxylic acids is 3. The fraction of sp³-hybridized carbons (Fsp3) is 0.125. The van der Waals surface area contributed by atoms with Crippen molar-refractivity contribution in [2.45, 2.75) is 18.9 Å². The summed E-state index contributed by atoms with van der Waals surface area (Å²) in [5, 5.41) is 13.8. The fourth-order valence-corrected chi connectivity index (χ4v) is 3.12. The molecule has 8 nitrogen and oxygen atoms in total. The Hall–Kier alpha value is -4.04. The van der Waals surface area contributed by atoms with Crippen LogP contribution >= 0.6 is 11.6 Å². The maximum absolute atomic E-state index is 13.0. The highest BCUT2D eigenvalue weighted by atomic mass is 35.5. The summed E-state index contributed by atoms with van der Waals surface area (Å²) in [5.74, 6) is -1.68. The second kappa shape index (κ2) is 11.0. The van der Waals surface area contributed by atoms with E-state index < -0.39 is 28.7 Å². The molecule has 0 heterocycles. The quantitative estimate of drug-likeness (QED) is 0.202. The summed E-state index contributed by atoms with van der Waals surface area (Å²) >= 11 is 5.92. The highest BCUT2D eigenvalue weighted by molar-refractivity contribution is 6.30. The maximum Gasteiger partial charge on any atom is 0.307 e. The summed E-state index contributed by atoms with van der Waals surface area (Å²) in [7, 11) is 0. The number of halogens is 1. The minimum Gasteiger partial charge on any atom is -0.449 e. The van der Waals surface area contributed by atoms with Crippen LogP contribution in [0.5, 0.6) is 0 Å². The average Bonchev–Trinajstić information content (AvgIpc) is 2.82. The van der Waals surface area contributed by atoms with E-state index in [1.165, 1.54) is 24.3 Å². The molecule has 0 saturated carbocycles. The Balaban J connectivity index is 1.65. The second-order valence-corrected chi connectivity index (χ2v) is 7.44. The topological polar surface area (TPSA) is 116 Å². The maximum atomic E-state index is 13.0. The van der Waals surface area contributed by atoms with Crippen molar-refractivity contribution in [1.29, 1.82) is 0 Å². The van der Waals surface area contributed by atoms with E-state index in [0.29, 0.717) is 16.1 Å². The van der Waals surface area contributed by atoms with Gasteiger partial charge in [0.1, 0.15) is 0 Å². The molecule has 0 fully saturated rings. The summed E-state index contributed by atoms with van der Waals surface area (Å²) in [5.41, 5.74) is 0.884. The van der Waals surface area contributed by atoms with Crippen molar-refractivity contribution in [3.05, 3.63) is 105 Å². The number of Topliss-reactive ketones (excluding diaryl/α,β-unsaturated/α-hetero) is 1. The highest BCUT2D eigenvalue weighted by Crippen LogP contribution is 2.25. The van der Waals surface area contributed by atoms with Gasteiger partial charge in [0.05, 0.1) is 11.3 Å². The van der Waals surface area contributed by atoms with E-state index in [4.69, 9.17) is 16.3 Å². The molecule has 3 aromatic rings. The van der Waals surface area contributed by atoms with Crippen molar-refractivity contribution in [3.8, 4) is 0 Å². The Morgan fingerprint density at radius 1 is 0.939 bits per heavy atom. The standard InChI is InChI=1S/C24H19ClN2O6/c25-18-11-9-17(10-12-18)24(23(30)16-5-2-1-3-6-16)33-22(29)14-13-21(28)26-19-7-4-8-20(15-19)27(31)32/h1-12,15,24H,13-14H2,(H,26,28)/t24-/m1/s1. The number of rotatable bonds is 9. The first-order valence-corrected chi connectivity index (χ1v) is 10.3. The van der Waals surface area contributed by atoms with Crippen LogP contribution in [-0.4, -0.2) is 22.6 Å². The van der Waals surface area contributed by atoms with Crippen molar-refractivity contribution in [3.63, 3.8) is 0 Å². The van der Waals surface area contributed by atoms with Gasteiger partial charge < -0.3 is 10.1 Å². The number of carbonyl (C=O) groups is 3. The molecule has 33 heavy (non-hydrogen) atoms. The number of nitrogens with one attached hydrogen (secondary N) is 1. The number of benzene rings is 3. The van der Waals surface area contributed by atoms with Gasteiger partial charge in [0.2, 0.25) is 11.7 Å². The normalized spacial score (nSPS) is 11.3. The molecule has 3 rings (SSSR count). The average molecular weight is 467 g/mol. The molecule has 0 saturated heterocycles. The largest absolute Gasteiger partial charge is 0.449 e. The molecule has 0 aliphatic rings. The van der Waals surface area contributed by atoms with Gasteiger partial charge in [-0.25, -0.2) is 0 Å². The minimum atomic E-state index is -1.20. The lowest BCUT2D eigenvalue weighted by molar-refractivity contribution is -0.384. The smallest absolute Gasteiger partial charge is 0.307 e. The van der Waals surface area contributed by atoms with Crippen molar-refractivity contribution < 1.29 is 24.0 Å². The van der Waals surface area contributed by atoms with Crippen LogP contribution in [0.15, 0.2) is 78.9 Å². The number of hydrogen-bond donors (Lipinski definition) is 1. The number of non-ortho nitro benzene ring substituents is 1. The Labute approximate surface area is 194 Å². The van der Waals surface area contributed by atoms with E-state index in [1.54, 1.807) is 54.6 Å². The second-order valence-electron chi connectivity index (χ2n) is 7.01. The van der Waals surface area contributed by atoms with E-state index in [0.717, 1.165) is 0 Å². The molecule has 3 aromatic carbocycles. The van der Waals surface area contributed by atoms with E-state index in [1.807, 2.05) is 0 Å². The fourth-order valence-electron chi connectivity index (χ4n) is 2.99. The van der Waals surface area contributed by atoms with Gasteiger partial charge in [-0.2, -0.15) is 0 Å². The predicted molar refractivity (Wildman–Crippen MR) is 122 cm³/mol. The number of anilines is 1. The molecule has 0 aliphatic heterocycles. The number of ketones is 1. The van der Waals surface area contributed by atoms with Gasteiger partial charge in [-0.05, 0) is 18.2 Å². The Morgan fingerprint density at radius 3 is 2.30 bits per heavy atom. The summed E-state index contributed by atoms with van der Waals surface area (Å²) in [6, 6.07) is 20.2. The lowest BCUT2D eigenvalue weighted by Crippen LogP contribution is -2.21. The molecule has 0 spiro atoms. The lowest BCUT2D eigenvalue weighted by Gasteiger charge is -2.17. The van der Waals surface area contributed by atoms with E-state index >= 15 is 0 Å². The van der Waals surface area contributed by atoms with E-state index in [2.05, 4.69) is 5.32 Å². The van der Waals surface area contributed by atoms with Crippen LogP contribution in [0.2, 0.25) is 5.02 Å². The molecular weight excluding hydrogens is 448 g/mol. The minimum absolute atomic E-state index is 0.169. The van der Waals surface area contributed by atoms with E-state index in [-0.39, 0.29) is 24.2 Å². The molecule has 1 N–H and O–H groups in total. The first-order chi connectivity index (χ1) is 15.8. The zero-order chi connectivity index (χ0) is 23.8. The number of esters is 1. The summed E-state index contributed by atoms with van der Waals surface area (Å²) in [4.78, 5) is 47.9. The van der Waals surface area contributed by atoms with Crippen LogP contribution < -0.4 is 5.32 Å². The van der Waals surface area contributed by atoms with E-state index in [9.17, 15) is 24.5 Å². The molecule has 1 atom stereocenters. The first kappa shape index (κ1) is 23.6. The number of hydrogen-bond acceptors (Lipinski definition) is 6. The molecule has 0 unspecified atom stereocenters. The number of nitro groups is 1. The summed E-state index contributed by atoms with van der Waals surface area (Å²) in [6.45, 7) is 0. The van der Waals surface area contributed by atoms with Gasteiger partial charge in [-0.15, -0.1) is 0 Å². The van der Waals surface area contributed by atoms with Crippen molar-refractivity contribution in [1.82, 2.24) is 0 Å². The number of nitrogens with zero attached hydrogens (tertiary/aromatic N) is 1. The van der Waals surface area contributed by atoms with Crippen molar-refractivity contribution in [2.24, 2.45) is 0 Å². The number of amides is 1. The van der Waals surface area contributed by atoms with Gasteiger partial charge in [0, 0.05) is 40.4 Å². The summed E-state index contributed by atoms with van der Waals surface area (Å²) < 4.78 is 5.44. The molecule has 0 aliphatic carbocycles. The molecule has 9 heteroatoms. The molecule has 168 valence electrons. The molecule has 0 aromatic heterocycles. The first-order valence-electron chi connectivity index (χ1n) is 9.92. The third kappa shape index (κ3) is 6.72. The SMILES string of the molecule is O=C(CCC(=O)O[C@@H](C(=O)c1ccccc1)c1ccc(Cl)cc1)Nc1cccc([N+](=O)[O-])c1. The molecular formula is C24H19ClN2O6. The van der Waals surface area contributed by atoms with Gasteiger partial charge in [0.15, 0.2) is 6.10 Å². The van der Waals surface area contributed by atoms with Crippen LogP contribution in [0.1, 0.15) is 34.9 Å². The third-order valence-electron chi connectivity index (χ3n) is 4.62. The third-order valence-corrected chi connectivity index (χ3v) is 4.87. The zero-order valence-electron chi connectivity index (χ0n) is 17.3. The lowest BCUT2D eigenvalue weighted by atomic mass is 10.00. The Morgan fingerprint density at radius 2 is 1.64 bits per heavy atom. The Bertz CT molecular complexity index is 1170. The van der Waals surface area contributed by atoms with Crippen LogP contribution in [-0.2, 0) is 14.3 Å². The van der Waals surface area contributed by atoms with Crippen LogP contribution in [0.3, 0.4) is 0 Å². The monoisotopic (exact) mass is 466 g/mol. The zero-order valence-corrected chi connectivity index (χ0v) is 18.0. The molecule has 0 bridgehead atoms. The van der Waals surface area contributed by atoms with Crippen LogP contribution in [0.25, 0.3) is 0 Å². The molecule has 0 radical (unpaired) electrons. The predicted octanol–water partition coefficient (Wildman–Crippen LogP) is 5.13. The van der Waals surface area contributed by atoms with Gasteiger partial charge in [-0.1, -0.05) is 60.1 Å². The summed E-state index contributed by atoms with van der Waals surface area (Å²) in [6.07, 6.45) is -1.71. The highest BCUT2D eigenvalue weighted by Gasteiger charge is 2.26. The van der Waals surface area contributed by atoms with Crippen LogP contribution in [0.4, 0.5) is 11.4 Å². The van der Waals surface area contributed by atoms with Crippen molar-refractivity contribution in [2.75, 3.05) is 5.32 Å².